The second kappa shape index (κ2) is 4.42. The molecule has 4 heteroatoms. The van der Waals surface area contributed by atoms with Gasteiger partial charge in [-0.25, -0.2) is 4.98 Å². The SMILES string of the molecule is CN1CCC(Cc2ncc3ccc(Br)cn23)C1. The molecule has 0 aliphatic carbocycles. The van der Waals surface area contributed by atoms with Crippen molar-refractivity contribution < 1.29 is 0 Å². The smallest absolute Gasteiger partial charge is 0.113 e. The number of likely N-dealkylation sites (tertiary alicyclic amines) is 1. The zero-order valence-corrected chi connectivity index (χ0v) is 11.5. The van der Waals surface area contributed by atoms with Gasteiger partial charge < -0.3 is 9.30 Å². The Balaban J connectivity index is 1.87. The first kappa shape index (κ1) is 11.2. The number of pyridine rings is 1. The van der Waals surface area contributed by atoms with E-state index in [2.05, 4.69) is 55.6 Å². The van der Waals surface area contributed by atoms with Crippen LogP contribution in [0.1, 0.15) is 12.2 Å². The molecule has 3 nitrogen and oxygen atoms in total. The lowest BCUT2D eigenvalue weighted by Crippen LogP contribution is -2.15. The molecule has 0 N–H and O–H groups in total. The zero-order valence-electron chi connectivity index (χ0n) is 9.93. The number of hydrogen-bond donors (Lipinski definition) is 0. The fourth-order valence-corrected chi connectivity index (χ4v) is 2.96. The number of aromatic nitrogens is 2. The number of rotatable bonds is 2. The Morgan fingerprint density at radius 3 is 3.12 bits per heavy atom. The highest BCUT2D eigenvalue weighted by atomic mass is 79.9. The Morgan fingerprint density at radius 1 is 1.47 bits per heavy atom. The van der Waals surface area contributed by atoms with Gasteiger partial charge in [0.05, 0.1) is 11.7 Å². The van der Waals surface area contributed by atoms with Crippen molar-refractivity contribution in [3.63, 3.8) is 0 Å². The summed E-state index contributed by atoms with van der Waals surface area (Å²) in [6, 6.07) is 4.16. The highest BCUT2D eigenvalue weighted by Gasteiger charge is 2.21. The summed E-state index contributed by atoms with van der Waals surface area (Å²) < 4.78 is 3.30. The summed E-state index contributed by atoms with van der Waals surface area (Å²) in [7, 11) is 2.19. The molecule has 0 bridgehead atoms. The molecule has 3 heterocycles. The third kappa shape index (κ3) is 2.24. The lowest BCUT2D eigenvalue weighted by atomic mass is 10.0. The van der Waals surface area contributed by atoms with Crippen LogP contribution in [0.2, 0.25) is 0 Å². The Hall–Kier alpha value is -0.870. The molecule has 1 aliphatic heterocycles. The van der Waals surface area contributed by atoms with Gasteiger partial charge in [0, 0.05) is 23.6 Å². The van der Waals surface area contributed by atoms with Crippen LogP contribution in [0, 0.1) is 5.92 Å². The standard InChI is InChI=1S/C13H16BrN3/c1-16-5-4-10(8-16)6-13-15-7-12-3-2-11(14)9-17(12)13/h2-3,7,9-10H,4-6,8H2,1H3. The van der Waals surface area contributed by atoms with Gasteiger partial charge in [0.15, 0.2) is 0 Å². The van der Waals surface area contributed by atoms with Crippen molar-refractivity contribution in [3.05, 3.63) is 34.8 Å². The van der Waals surface area contributed by atoms with Crippen LogP contribution >= 0.6 is 15.9 Å². The maximum Gasteiger partial charge on any atom is 0.113 e. The Bertz CT molecular complexity index is 534. The molecule has 0 saturated carbocycles. The highest BCUT2D eigenvalue weighted by Crippen LogP contribution is 2.21. The van der Waals surface area contributed by atoms with Crippen molar-refractivity contribution in [1.82, 2.24) is 14.3 Å². The monoisotopic (exact) mass is 293 g/mol. The molecular formula is C13H16BrN3. The van der Waals surface area contributed by atoms with Crippen LogP contribution in [0.25, 0.3) is 5.52 Å². The molecule has 17 heavy (non-hydrogen) atoms. The molecule has 0 aromatic carbocycles. The van der Waals surface area contributed by atoms with E-state index in [-0.39, 0.29) is 0 Å². The van der Waals surface area contributed by atoms with Crippen molar-refractivity contribution in [1.29, 1.82) is 0 Å². The fraction of sp³-hybridized carbons (Fsp3) is 0.462. The van der Waals surface area contributed by atoms with Gasteiger partial charge in [-0.15, -0.1) is 0 Å². The van der Waals surface area contributed by atoms with Crippen LogP contribution in [-0.2, 0) is 6.42 Å². The van der Waals surface area contributed by atoms with Crippen LogP contribution in [0.15, 0.2) is 29.0 Å². The van der Waals surface area contributed by atoms with Gasteiger partial charge in [0.2, 0.25) is 0 Å². The minimum atomic E-state index is 0.754. The van der Waals surface area contributed by atoms with Crippen molar-refractivity contribution >= 4 is 21.4 Å². The molecule has 2 aromatic heterocycles. The van der Waals surface area contributed by atoms with E-state index in [1.54, 1.807) is 0 Å². The summed E-state index contributed by atoms with van der Waals surface area (Å²) in [5, 5.41) is 0. The third-order valence-electron chi connectivity index (χ3n) is 3.53. The van der Waals surface area contributed by atoms with E-state index in [0.29, 0.717) is 0 Å². The summed E-state index contributed by atoms with van der Waals surface area (Å²) >= 11 is 3.52. The first-order valence-electron chi connectivity index (χ1n) is 6.02. The molecule has 1 saturated heterocycles. The van der Waals surface area contributed by atoms with Gasteiger partial charge in [0.25, 0.3) is 0 Å². The maximum absolute atomic E-state index is 4.55. The number of hydrogen-bond acceptors (Lipinski definition) is 2. The molecule has 0 radical (unpaired) electrons. The first-order chi connectivity index (χ1) is 8.22. The molecule has 1 unspecified atom stereocenters. The summed E-state index contributed by atoms with van der Waals surface area (Å²) in [6.45, 7) is 2.42. The minimum absolute atomic E-state index is 0.754. The fourth-order valence-electron chi connectivity index (χ4n) is 2.62. The van der Waals surface area contributed by atoms with E-state index in [4.69, 9.17) is 0 Å². The lowest BCUT2D eigenvalue weighted by Gasteiger charge is -2.09. The molecule has 2 aromatic rings. The van der Waals surface area contributed by atoms with Crippen LogP contribution in [-0.4, -0.2) is 34.4 Å². The topological polar surface area (TPSA) is 20.5 Å². The number of fused-ring (bicyclic) bond motifs is 1. The lowest BCUT2D eigenvalue weighted by molar-refractivity contribution is 0.392. The van der Waals surface area contributed by atoms with Crippen molar-refractivity contribution in [2.45, 2.75) is 12.8 Å². The molecule has 90 valence electrons. The average molecular weight is 294 g/mol. The zero-order chi connectivity index (χ0) is 11.8. The van der Waals surface area contributed by atoms with Gasteiger partial charge in [-0.05, 0) is 54.0 Å². The van der Waals surface area contributed by atoms with Crippen LogP contribution in [0.5, 0.6) is 0 Å². The van der Waals surface area contributed by atoms with Gasteiger partial charge in [-0.3, -0.25) is 0 Å². The summed E-state index contributed by atoms with van der Waals surface area (Å²) in [5.41, 5.74) is 1.18. The van der Waals surface area contributed by atoms with E-state index in [0.717, 1.165) is 16.8 Å². The van der Waals surface area contributed by atoms with Gasteiger partial charge >= 0.3 is 0 Å². The molecule has 1 fully saturated rings. The normalized spacial score (nSPS) is 21.4. The predicted molar refractivity (Wildman–Crippen MR) is 72.2 cm³/mol. The highest BCUT2D eigenvalue weighted by molar-refractivity contribution is 9.10. The number of imidazole rings is 1. The van der Waals surface area contributed by atoms with E-state index < -0.39 is 0 Å². The Kier molecular flexibility index (Phi) is 2.92. The van der Waals surface area contributed by atoms with E-state index >= 15 is 0 Å². The van der Waals surface area contributed by atoms with Gasteiger partial charge in [0.1, 0.15) is 5.82 Å². The van der Waals surface area contributed by atoms with Crippen molar-refractivity contribution in [2.24, 2.45) is 5.92 Å². The first-order valence-corrected chi connectivity index (χ1v) is 6.82. The molecule has 1 atom stereocenters. The summed E-state index contributed by atoms with van der Waals surface area (Å²) in [6.07, 6.45) is 6.44. The van der Waals surface area contributed by atoms with Crippen molar-refractivity contribution in [3.8, 4) is 0 Å². The molecule has 3 rings (SSSR count). The van der Waals surface area contributed by atoms with E-state index in [1.165, 1.54) is 30.9 Å². The number of nitrogens with zero attached hydrogens (tertiary/aromatic N) is 3. The van der Waals surface area contributed by atoms with Crippen molar-refractivity contribution in [2.75, 3.05) is 20.1 Å². The van der Waals surface area contributed by atoms with Gasteiger partial charge in [-0.2, -0.15) is 0 Å². The average Bonchev–Trinajstić information content (AvgIpc) is 2.87. The molecular weight excluding hydrogens is 278 g/mol. The molecule has 1 aliphatic rings. The van der Waals surface area contributed by atoms with E-state index in [1.807, 2.05) is 6.20 Å². The predicted octanol–water partition coefficient (Wildman–Crippen LogP) is 2.59. The summed E-state index contributed by atoms with van der Waals surface area (Å²) in [5.74, 6) is 1.94. The largest absolute Gasteiger partial charge is 0.306 e. The molecule has 0 spiro atoms. The maximum atomic E-state index is 4.55. The number of halogens is 1. The van der Waals surface area contributed by atoms with Crippen LogP contribution in [0.3, 0.4) is 0 Å². The summed E-state index contributed by atoms with van der Waals surface area (Å²) in [4.78, 5) is 6.95. The third-order valence-corrected chi connectivity index (χ3v) is 4.00. The van der Waals surface area contributed by atoms with Crippen LogP contribution in [0.4, 0.5) is 0 Å². The minimum Gasteiger partial charge on any atom is -0.306 e. The Morgan fingerprint density at radius 2 is 2.35 bits per heavy atom. The van der Waals surface area contributed by atoms with Gasteiger partial charge in [-0.1, -0.05) is 0 Å². The van der Waals surface area contributed by atoms with E-state index in [9.17, 15) is 0 Å². The quantitative estimate of drug-likeness (QED) is 0.848. The molecule has 0 amide bonds. The second-order valence-corrected chi connectivity index (χ2v) is 5.85. The second-order valence-electron chi connectivity index (χ2n) is 4.94. The Labute approximate surface area is 110 Å². The van der Waals surface area contributed by atoms with Crippen LogP contribution < -0.4 is 0 Å².